The number of carboxylic acids is 1. The minimum atomic E-state index is -0.833. The molecule has 1 aliphatic rings. The number of nitrogens with one attached hydrogen (secondary N) is 2. The molecule has 3 N–H and O–H groups in total. The highest BCUT2D eigenvalue weighted by molar-refractivity contribution is 6.30. The molecule has 11 heteroatoms. The average Bonchev–Trinajstić information content (AvgIpc) is 2.89. The predicted molar refractivity (Wildman–Crippen MR) is 150 cm³/mol. The number of carbonyl (C=O) groups is 2. The summed E-state index contributed by atoms with van der Waals surface area (Å²) in [5, 5.41) is 19.4. The molecule has 198 valence electrons. The molecule has 0 radical (unpaired) electrons. The van der Waals surface area contributed by atoms with Crippen molar-refractivity contribution in [2.24, 2.45) is 11.0 Å². The van der Waals surface area contributed by atoms with Crippen molar-refractivity contribution in [2.45, 2.75) is 26.8 Å². The number of aromatic nitrogens is 1. The number of aliphatic carboxylic acids is 1. The summed E-state index contributed by atoms with van der Waals surface area (Å²) < 4.78 is 0. The maximum absolute atomic E-state index is 12.9. The van der Waals surface area contributed by atoms with Gasteiger partial charge in [-0.15, -0.1) is 4.95 Å². The van der Waals surface area contributed by atoms with Crippen molar-refractivity contribution in [1.82, 2.24) is 14.8 Å². The van der Waals surface area contributed by atoms with E-state index in [0.29, 0.717) is 36.3 Å². The summed E-state index contributed by atoms with van der Waals surface area (Å²) in [6.45, 7) is 14.2. The van der Waals surface area contributed by atoms with Crippen molar-refractivity contribution < 1.29 is 14.7 Å². The number of hydrogen-bond acceptors (Lipinski definition) is 4. The van der Waals surface area contributed by atoms with E-state index in [-0.39, 0.29) is 18.0 Å². The van der Waals surface area contributed by atoms with E-state index in [1.165, 1.54) is 0 Å². The first-order valence-electron chi connectivity index (χ1n) is 12.0. The molecule has 1 aliphatic heterocycles. The predicted octanol–water partition coefficient (Wildman–Crippen LogP) is 5.46. The lowest BCUT2D eigenvalue weighted by molar-refractivity contribution is -0.134. The van der Waals surface area contributed by atoms with Crippen LogP contribution in [0.25, 0.3) is 15.9 Å². The molecule has 3 aromatic rings. The van der Waals surface area contributed by atoms with Gasteiger partial charge in [0.1, 0.15) is 5.10 Å². The monoisotopic (exact) mass is 535 g/mol. The Labute approximate surface area is 226 Å². The van der Waals surface area contributed by atoms with Crippen LogP contribution in [0.4, 0.5) is 16.2 Å². The maximum Gasteiger partial charge on any atom is 0.321 e. The SMILES string of the molecule is CC(=O)O.[C-]#[N+]/N=C(\Nc1cccc2ncccc12)N1CCN(C(=O)Nc2ccc(Cl)cc2)CC1C(C)C. The standard InChI is InChI=1S/C25H26ClN7O.C2H4O2/c1-17(2)23-16-32(25(34)29-19-11-9-18(26)10-12-19)14-15-33(23)24(31-27-3)30-22-8-4-7-21-20(22)6-5-13-28-21;1-2(3)4/h4-13,17,23H,14-16H2,1-2H3,(H,29,34)(H,30,31);1H3,(H,3,4). The number of carbonyl (C=O) groups excluding carboxylic acids is 1. The van der Waals surface area contributed by atoms with E-state index in [2.05, 4.69) is 44.4 Å². The molecule has 1 saturated heterocycles. The van der Waals surface area contributed by atoms with Gasteiger partial charge in [-0.1, -0.05) is 31.5 Å². The lowest BCUT2D eigenvalue weighted by Gasteiger charge is -2.43. The van der Waals surface area contributed by atoms with Gasteiger partial charge in [0.25, 0.3) is 11.9 Å². The third kappa shape index (κ3) is 7.57. The number of rotatable bonds is 3. The van der Waals surface area contributed by atoms with Crippen molar-refractivity contribution in [1.29, 1.82) is 0 Å². The fourth-order valence-electron chi connectivity index (χ4n) is 4.10. The van der Waals surface area contributed by atoms with Crippen LogP contribution in [0.1, 0.15) is 20.8 Å². The zero-order valence-electron chi connectivity index (χ0n) is 21.4. The van der Waals surface area contributed by atoms with Gasteiger partial charge in [-0.25, -0.2) is 4.79 Å². The Hall–Kier alpha value is -4.36. The van der Waals surface area contributed by atoms with Crippen molar-refractivity contribution in [3.63, 3.8) is 0 Å². The second-order valence-electron chi connectivity index (χ2n) is 8.93. The Morgan fingerprint density at radius 3 is 2.50 bits per heavy atom. The smallest absolute Gasteiger partial charge is 0.321 e. The molecule has 4 rings (SSSR count). The lowest BCUT2D eigenvalue weighted by Crippen LogP contribution is -2.60. The summed E-state index contributed by atoms with van der Waals surface area (Å²) in [6, 6.07) is 16.5. The molecule has 1 unspecified atom stereocenters. The van der Waals surface area contributed by atoms with Crippen LogP contribution in [0.3, 0.4) is 0 Å². The number of benzene rings is 2. The van der Waals surface area contributed by atoms with Crippen LogP contribution < -0.4 is 10.6 Å². The van der Waals surface area contributed by atoms with Gasteiger partial charge in [-0.2, -0.15) is 6.57 Å². The van der Waals surface area contributed by atoms with E-state index in [1.54, 1.807) is 35.4 Å². The molecule has 1 atom stereocenters. The summed E-state index contributed by atoms with van der Waals surface area (Å²) in [6.07, 6.45) is 1.75. The molecule has 10 nitrogen and oxygen atoms in total. The molecule has 0 spiro atoms. The first kappa shape index (κ1) is 28.2. The van der Waals surface area contributed by atoms with E-state index >= 15 is 0 Å². The summed E-state index contributed by atoms with van der Waals surface area (Å²) >= 11 is 5.94. The number of halogens is 1. The van der Waals surface area contributed by atoms with Crippen LogP contribution in [0.15, 0.2) is 65.9 Å². The molecule has 2 aromatic carbocycles. The first-order valence-corrected chi connectivity index (χ1v) is 12.4. The largest absolute Gasteiger partial charge is 0.481 e. The van der Waals surface area contributed by atoms with Crippen molar-refractivity contribution in [3.05, 3.63) is 77.3 Å². The first-order chi connectivity index (χ1) is 18.2. The number of carboxylic acid groups (broad SMARTS) is 1. The maximum atomic E-state index is 12.9. The molecule has 1 aromatic heterocycles. The van der Waals surface area contributed by atoms with Crippen LogP contribution in [-0.4, -0.2) is 63.5 Å². The number of urea groups is 1. The van der Waals surface area contributed by atoms with Crippen molar-refractivity contribution >= 4 is 51.8 Å². The minimum absolute atomic E-state index is 0.0224. The zero-order valence-corrected chi connectivity index (χ0v) is 22.2. The minimum Gasteiger partial charge on any atom is -0.481 e. The molecule has 2 amide bonds. The third-order valence-corrected chi connectivity index (χ3v) is 6.13. The molecule has 1 fully saturated rings. The van der Waals surface area contributed by atoms with Gasteiger partial charge in [0.15, 0.2) is 0 Å². The Morgan fingerprint density at radius 1 is 1.13 bits per heavy atom. The molecular formula is C27H30ClN7O3. The number of fused-ring (bicyclic) bond motifs is 1. The fraction of sp³-hybridized carbons (Fsp3) is 0.296. The summed E-state index contributed by atoms with van der Waals surface area (Å²) in [7, 11) is 0. The van der Waals surface area contributed by atoms with Crippen LogP contribution in [0.2, 0.25) is 5.02 Å². The summed E-state index contributed by atoms with van der Waals surface area (Å²) in [5.41, 5.74) is 2.39. The van der Waals surface area contributed by atoms with Gasteiger partial charge < -0.3 is 25.5 Å². The molecule has 0 aliphatic carbocycles. The fourth-order valence-corrected chi connectivity index (χ4v) is 4.22. The second-order valence-corrected chi connectivity index (χ2v) is 9.37. The van der Waals surface area contributed by atoms with E-state index in [1.807, 2.05) is 30.3 Å². The number of hydrogen-bond donors (Lipinski definition) is 3. The van der Waals surface area contributed by atoms with E-state index < -0.39 is 5.97 Å². The average molecular weight is 536 g/mol. The normalized spacial score (nSPS) is 15.4. The van der Waals surface area contributed by atoms with Crippen LogP contribution in [-0.2, 0) is 4.79 Å². The Kier molecular flexibility index (Phi) is 9.85. The molecule has 38 heavy (non-hydrogen) atoms. The Morgan fingerprint density at radius 2 is 1.84 bits per heavy atom. The topological polar surface area (TPSA) is 115 Å². The summed E-state index contributed by atoms with van der Waals surface area (Å²) in [5.74, 6) is -0.138. The van der Waals surface area contributed by atoms with Crippen molar-refractivity contribution in [2.75, 3.05) is 30.3 Å². The van der Waals surface area contributed by atoms with Gasteiger partial charge in [0, 0.05) is 48.9 Å². The van der Waals surface area contributed by atoms with Crippen molar-refractivity contribution in [3.8, 4) is 0 Å². The molecular weight excluding hydrogens is 506 g/mol. The number of pyridine rings is 1. The summed E-state index contributed by atoms with van der Waals surface area (Å²) in [4.78, 5) is 33.5. The second kappa shape index (κ2) is 13.3. The number of amides is 2. The lowest BCUT2D eigenvalue weighted by atomic mass is 10.00. The van der Waals surface area contributed by atoms with Gasteiger partial charge >= 0.3 is 6.03 Å². The molecule has 2 heterocycles. The number of piperazine rings is 1. The van der Waals surface area contributed by atoms with Gasteiger partial charge in [0.05, 0.1) is 17.2 Å². The van der Waals surface area contributed by atoms with E-state index in [0.717, 1.165) is 23.5 Å². The van der Waals surface area contributed by atoms with Gasteiger partial charge in [-0.05, 0) is 54.4 Å². The highest BCUT2D eigenvalue weighted by Gasteiger charge is 2.34. The van der Waals surface area contributed by atoms with Gasteiger partial charge in [-0.3, -0.25) is 9.78 Å². The van der Waals surface area contributed by atoms with Gasteiger partial charge in [0.2, 0.25) is 0 Å². The quantitative estimate of drug-likeness (QED) is 0.178. The molecule has 0 saturated carbocycles. The highest BCUT2D eigenvalue weighted by atomic mass is 35.5. The zero-order chi connectivity index (χ0) is 27.7. The van der Waals surface area contributed by atoms with E-state index in [4.69, 9.17) is 28.1 Å². The Bertz CT molecular complexity index is 1330. The Balaban J connectivity index is 0.000000934. The highest BCUT2D eigenvalue weighted by Crippen LogP contribution is 2.24. The number of guanidine groups is 1. The van der Waals surface area contributed by atoms with E-state index in [9.17, 15) is 4.79 Å². The number of anilines is 2. The number of nitrogens with zero attached hydrogens (tertiary/aromatic N) is 5. The third-order valence-electron chi connectivity index (χ3n) is 5.88. The van der Waals surface area contributed by atoms with Crippen LogP contribution in [0.5, 0.6) is 0 Å². The van der Waals surface area contributed by atoms with Crippen LogP contribution in [0, 0.1) is 12.5 Å². The molecule has 0 bridgehead atoms. The van der Waals surface area contributed by atoms with Crippen LogP contribution >= 0.6 is 11.6 Å².